The second kappa shape index (κ2) is 6.46. The van der Waals surface area contributed by atoms with Crippen LogP contribution in [-0.2, 0) is 0 Å². The van der Waals surface area contributed by atoms with Gasteiger partial charge in [-0.05, 0) is 46.1 Å². The molecule has 0 fully saturated rings. The minimum Gasteiger partial charge on any atom is -0.495 e. The molecule has 1 aromatic heterocycles. The van der Waals surface area contributed by atoms with Gasteiger partial charge in [0.05, 0.1) is 18.2 Å². The minimum atomic E-state index is -0.00900. The van der Waals surface area contributed by atoms with E-state index in [1.54, 1.807) is 24.5 Å². The molecule has 0 amide bonds. The lowest BCUT2D eigenvalue weighted by atomic mass is 10.1. The second-order valence-electron chi connectivity index (χ2n) is 3.86. The third-order valence-electron chi connectivity index (χ3n) is 2.78. The van der Waals surface area contributed by atoms with Gasteiger partial charge in [0.2, 0.25) is 0 Å². The van der Waals surface area contributed by atoms with Crippen LogP contribution in [0.5, 0.6) is 5.75 Å². The topological polar surface area (TPSA) is 21.3 Å². The lowest BCUT2D eigenvalue weighted by Gasteiger charge is -2.18. The average Bonchev–Trinajstić information content (AvgIpc) is 2.80. The highest BCUT2D eigenvalue weighted by Gasteiger charge is 2.20. The zero-order valence-corrected chi connectivity index (χ0v) is 14.3. The smallest absolute Gasteiger partial charge is 0.138 e. The van der Waals surface area contributed by atoms with Gasteiger partial charge < -0.3 is 10.1 Å². The Bertz CT molecular complexity index is 588. The molecule has 0 saturated carbocycles. The van der Waals surface area contributed by atoms with Crippen molar-refractivity contribution in [1.29, 1.82) is 0 Å². The van der Waals surface area contributed by atoms with Gasteiger partial charge in [0.25, 0.3) is 0 Å². The molecule has 0 bridgehead atoms. The highest BCUT2D eigenvalue weighted by molar-refractivity contribution is 9.10. The summed E-state index contributed by atoms with van der Waals surface area (Å²) in [5, 5.41) is 6.47. The van der Waals surface area contributed by atoms with Crippen LogP contribution < -0.4 is 10.1 Å². The van der Waals surface area contributed by atoms with Gasteiger partial charge in [-0.15, -0.1) is 11.3 Å². The molecule has 2 nitrogen and oxygen atoms in total. The van der Waals surface area contributed by atoms with E-state index in [1.165, 1.54) is 0 Å². The van der Waals surface area contributed by atoms with E-state index in [1.807, 2.05) is 24.6 Å². The normalized spacial score (nSPS) is 12.5. The van der Waals surface area contributed by atoms with Crippen molar-refractivity contribution in [2.75, 3.05) is 14.2 Å². The number of thiophene rings is 1. The third kappa shape index (κ3) is 3.09. The first-order valence-electron chi connectivity index (χ1n) is 5.51. The van der Waals surface area contributed by atoms with Crippen LogP contribution in [-0.4, -0.2) is 14.2 Å². The number of halogens is 3. The Morgan fingerprint density at radius 3 is 2.58 bits per heavy atom. The van der Waals surface area contributed by atoms with Gasteiger partial charge >= 0.3 is 0 Å². The van der Waals surface area contributed by atoms with E-state index in [0.29, 0.717) is 15.8 Å². The molecule has 1 heterocycles. The monoisotopic (exact) mass is 379 g/mol. The van der Waals surface area contributed by atoms with Crippen molar-refractivity contribution < 1.29 is 4.74 Å². The Balaban J connectivity index is 2.50. The molecular formula is C13H12BrCl2NOS. The summed E-state index contributed by atoms with van der Waals surface area (Å²) in [7, 11) is 3.47. The van der Waals surface area contributed by atoms with E-state index in [9.17, 15) is 0 Å². The number of ether oxygens (including phenoxy) is 1. The summed E-state index contributed by atoms with van der Waals surface area (Å²) < 4.78 is 6.22. The summed E-state index contributed by atoms with van der Waals surface area (Å²) in [6.07, 6.45) is 0. The summed E-state index contributed by atoms with van der Waals surface area (Å²) >= 11 is 17.7. The first kappa shape index (κ1) is 15.1. The number of hydrogen-bond donors (Lipinski definition) is 1. The highest BCUT2D eigenvalue weighted by atomic mass is 79.9. The molecule has 1 aromatic carbocycles. The number of nitrogens with one attached hydrogen (secondary N) is 1. The van der Waals surface area contributed by atoms with Crippen LogP contribution in [0.1, 0.15) is 16.5 Å². The van der Waals surface area contributed by atoms with E-state index < -0.39 is 0 Å². The molecule has 1 N–H and O–H groups in total. The maximum Gasteiger partial charge on any atom is 0.138 e. The molecule has 0 radical (unpaired) electrons. The maximum absolute atomic E-state index is 6.33. The van der Waals surface area contributed by atoms with E-state index >= 15 is 0 Å². The zero-order valence-electron chi connectivity index (χ0n) is 10.3. The van der Waals surface area contributed by atoms with Crippen molar-refractivity contribution in [3.05, 3.63) is 48.5 Å². The van der Waals surface area contributed by atoms with Gasteiger partial charge in [-0.25, -0.2) is 0 Å². The summed E-state index contributed by atoms with van der Waals surface area (Å²) in [5.74, 6) is 0.579. The molecule has 102 valence electrons. The standard InChI is InChI=1S/C13H12BrCl2NOS/c1-17-12(13-8(14)3-4-19-13)7-5-10(16)11(18-2)6-9(7)15/h3-6,12,17H,1-2H3. The van der Waals surface area contributed by atoms with E-state index in [4.69, 9.17) is 27.9 Å². The Morgan fingerprint density at radius 1 is 1.32 bits per heavy atom. The minimum absolute atomic E-state index is 0.00900. The van der Waals surface area contributed by atoms with Gasteiger partial charge in [-0.3, -0.25) is 0 Å². The van der Waals surface area contributed by atoms with E-state index in [0.717, 1.165) is 14.9 Å². The molecule has 1 unspecified atom stereocenters. The summed E-state index contributed by atoms with van der Waals surface area (Å²) in [5.41, 5.74) is 0.929. The molecule has 0 spiro atoms. The summed E-state index contributed by atoms with van der Waals surface area (Å²) in [4.78, 5) is 1.16. The first-order valence-corrected chi connectivity index (χ1v) is 7.94. The molecule has 19 heavy (non-hydrogen) atoms. The highest BCUT2D eigenvalue weighted by Crippen LogP contribution is 2.39. The van der Waals surface area contributed by atoms with Crippen LogP contribution in [0.3, 0.4) is 0 Å². The maximum atomic E-state index is 6.33. The second-order valence-corrected chi connectivity index (χ2v) is 6.48. The Labute approximate surface area is 134 Å². The predicted octanol–water partition coefficient (Wildman–Crippen LogP) is 5.13. The molecule has 0 aliphatic heterocycles. The fourth-order valence-electron chi connectivity index (χ4n) is 1.86. The van der Waals surface area contributed by atoms with Crippen LogP contribution >= 0.6 is 50.5 Å². The van der Waals surface area contributed by atoms with Crippen molar-refractivity contribution in [3.8, 4) is 5.75 Å². The van der Waals surface area contributed by atoms with Gasteiger partial charge in [-0.1, -0.05) is 23.2 Å². The Kier molecular flexibility index (Phi) is 5.15. The molecule has 2 rings (SSSR count). The lowest BCUT2D eigenvalue weighted by Crippen LogP contribution is -2.17. The van der Waals surface area contributed by atoms with Crippen LogP contribution in [0.25, 0.3) is 0 Å². The first-order chi connectivity index (χ1) is 9.08. The number of rotatable bonds is 4. The summed E-state index contributed by atoms with van der Waals surface area (Å²) in [6, 6.07) is 5.59. The molecular weight excluding hydrogens is 369 g/mol. The zero-order chi connectivity index (χ0) is 14.0. The SMILES string of the molecule is CNC(c1cc(Cl)c(OC)cc1Cl)c1sccc1Br. The number of benzene rings is 1. The summed E-state index contributed by atoms with van der Waals surface area (Å²) in [6.45, 7) is 0. The third-order valence-corrected chi connectivity index (χ3v) is 5.34. The van der Waals surface area contributed by atoms with Crippen molar-refractivity contribution >= 4 is 50.5 Å². The van der Waals surface area contributed by atoms with Crippen LogP contribution in [0, 0.1) is 0 Å². The Morgan fingerprint density at radius 2 is 2.05 bits per heavy atom. The number of methoxy groups -OCH3 is 1. The van der Waals surface area contributed by atoms with Crippen LogP contribution in [0.4, 0.5) is 0 Å². The predicted molar refractivity (Wildman–Crippen MR) is 85.9 cm³/mol. The van der Waals surface area contributed by atoms with Crippen molar-refractivity contribution in [2.45, 2.75) is 6.04 Å². The fraction of sp³-hybridized carbons (Fsp3) is 0.231. The van der Waals surface area contributed by atoms with Gasteiger partial charge in [0, 0.05) is 20.4 Å². The molecule has 0 aliphatic rings. The molecule has 2 aromatic rings. The van der Waals surface area contributed by atoms with Crippen molar-refractivity contribution in [2.24, 2.45) is 0 Å². The molecule has 0 aliphatic carbocycles. The van der Waals surface area contributed by atoms with E-state index in [2.05, 4.69) is 21.2 Å². The number of hydrogen-bond acceptors (Lipinski definition) is 3. The Hall–Kier alpha value is -0.260. The van der Waals surface area contributed by atoms with Crippen LogP contribution in [0.2, 0.25) is 10.0 Å². The molecule has 0 saturated heterocycles. The largest absolute Gasteiger partial charge is 0.495 e. The quantitative estimate of drug-likeness (QED) is 0.793. The van der Waals surface area contributed by atoms with Gasteiger partial charge in [0.15, 0.2) is 0 Å². The van der Waals surface area contributed by atoms with Gasteiger partial charge in [-0.2, -0.15) is 0 Å². The van der Waals surface area contributed by atoms with Gasteiger partial charge in [0.1, 0.15) is 5.75 Å². The molecule has 1 atom stereocenters. The molecule has 6 heteroatoms. The van der Waals surface area contributed by atoms with Crippen LogP contribution in [0.15, 0.2) is 28.1 Å². The fourth-order valence-corrected chi connectivity index (χ4v) is 4.10. The van der Waals surface area contributed by atoms with E-state index in [-0.39, 0.29) is 6.04 Å². The van der Waals surface area contributed by atoms with Crippen molar-refractivity contribution in [1.82, 2.24) is 5.32 Å². The average molecular weight is 381 g/mol. The lowest BCUT2D eigenvalue weighted by molar-refractivity contribution is 0.415. The van der Waals surface area contributed by atoms with Crippen molar-refractivity contribution in [3.63, 3.8) is 0 Å².